The first-order valence-corrected chi connectivity index (χ1v) is 7.38. The summed E-state index contributed by atoms with van der Waals surface area (Å²) in [6.07, 6.45) is 0. The molecule has 1 aromatic rings. The number of quaternary nitrogens is 1. The maximum atomic E-state index is 12.1. The van der Waals surface area contributed by atoms with E-state index in [4.69, 9.17) is 5.26 Å². The number of likely N-dealkylation sites (N-methyl/N-ethyl adjacent to an activating group) is 1. The highest BCUT2D eigenvalue weighted by Gasteiger charge is 2.17. The standard InChI is InChI=1S/C16H22N4O2/c1-4-20(10-15(21)18-12(2)3)11-16(22)19-14-8-6-5-7-13(14)9-17/h5-8,12H,4,10-11H2,1-3H3,(H,18,21)(H,19,22)/p+1. The van der Waals surface area contributed by atoms with E-state index in [0.29, 0.717) is 17.8 Å². The minimum Gasteiger partial charge on any atom is -0.349 e. The molecule has 2 amide bonds. The Kier molecular flexibility index (Phi) is 7.06. The van der Waals surface area contributed by atoms with E-state index in [-0.39, 0.29) is 30.9 Å². The molecule has 6 heteroatoms. The van der Waals surface area contributed by atoms with Crippen molar-refractivity contribution in [3.05, 3.63) is 29.8 Å². The van der Waals surface area contributed by atoms with Crippen LogP contribution in [0.5, 0.6) is 0 Å². The number of anilines is 1. The van der Waals surface area contributed by atoms with Crippen molar-refractivity contribution < 1.29 is 14.5 Å². The predicted octanol–water partition coefficient (Wildman–Crippen LogP) is -0.0738. The van der Waals surface area contributed by atoms with Crippen molar-refractivity contribution >= 4 is 17.5 Å². The van der Waals surface area contributed by atoms with Crippen LogP contribution in [0, 0.1) is 11.3 Å². The molecule has 3 N–H and O–H groups in total. The van der Waals surface area contributed by atoms with Gasteiger partial charge in [-0.25, -0.2) is 0 Å². The number of hydrogen-bond acceptors (Lipinski definition) is 3. The van der Waals surface area contributed by atoms with Gasteiger partial charge in [0.25, 0.3) is 11.8 Å². The van der Waals surface area contributed by atoms with Gasteiger partial charge in [0.2, 0.25) is 0 Å². The zero-order valence-electron chi connectivity index (χ0n) is 13.3. The lowest BCUT2D eigenvalue weighted by Crippen LogP contribution is -3.14. The summed E-state index contributed by atoms with van der Waals surface area (Å²) in [6, 6.07) is 8.96. The fourth-order valence-electron chi connectivity index (χ4n) is 2.02. The molecule has 1 atom stereocenters. The molecule has 6 nitrogen and oxygen atoms in total. The summed E-state index contributed by atoms with van der Waals surface area (Å²) in [7, 11) is 0. The van der Waals surface area contributed by atoms with Crippen LogP contribution in [-0.2, 0) is 9.59 Å². The third kappa shape index (κ3) is 5.94. The maximum Gasteiger partial charge on any atom is 0.279 e. The molecule has 1 aromatic carbocycles. The van der Waals surface area contributed by atoms with Crippen LogP contribution >= 0.6 is 0 Å². The van der Waals surface area contributed by atoms with Gasteiger partial charge in [-0.05, 0) is 32.9 Å². The number of nitrogens with zero attached hydrogens (tertiary/aromatic N) is 1. The number of carbonyl (C=O) groups excluding carboxylic acids is 2. The molecule has 0 fully saturated rings. The van der Waals surface area contributed by atoms with Gasteiger partial charge in [-0.1, -0.05) is 12.1 Å². The Morgan fingerprint density at radius 1 is 1.23 bits per heavy atom. The number of para-hydroxylation sites is 1. The zero-order valence-corrected chi connectivity index (χ0v) is 13.3. The van der Waals surface area contributed by atoms with E-state index in [1.165, 1.54) is 0 Å². The molecular weight excluding hydrogens is 280 g/mol. The third-order valence-electron chi connectivity index (χ3n) is 3.09. The van der Waals surface area contributed by atoms with Crippen molar-refractivity contribution in [3.63, 3.8) is 0 Å². The molecule has 0 aliphatic carbocycles. The molecule has 0 heterocycles. The molecule has 0 radical (unpaired) electrons. The summed E-state index contributed by atoms with van der Waals surface area (Å²) in [5.74, 6) is -0.283. The molecule has 22 heavy (non-hydrogen) atoms. The Labute approximate surface area is 131 Å². The maximum absolute atomic E-state index is 12.1. The van der Waals surface area contributed by atoms with Crippen LogP contribution in [0.3, 0.4) is 0 Å². The average molecular weight is 303 g/mol. The molecule has 0 spiro atoms. The van der Waals surface area contributed by atoms with Gasteiger partial charge in [-0.15, -0.1) is 0 Å². The number of nitrogens with one attached hydrogen (secondary N) is 3. The lowest BCUT2D eigenvalue weighted by atomic mass is 10.2. The highest BCUT2D eigenvalue weighted by molar-refractivity contribution is 5.92. The Hall–Kier alpha value is -2.39. The normalized spacial score (nSPS) is 11.6. The predicted molar refractivity (Wildman–Crippen MR) is 84.3 cm³/mol. The van der Waals surface area contributed by atoms with Gasteiger partial charge < -0.3 is 15.5 Å². The van der Waals surface area contributed by atoms with E-state index in [0.717, 1.165) is 4.90 Å². The molecule has 0 bridgehead atoms. The van der Waals surface area contributed by atoms with Gasteiger partial charge in [-0.2, -0.15) is 5.26 Å². The number of benzene rings is 1. The highest BCUT2D eigenvalue weighted by atomic mass is 16.2. The summed E-state index contributed by atoms with van der Waals surface area (Å²) in [6.45, 7) is 6.82. The topological polar surface area (TPSA) is 86.4 Å². The van der Waals surface area contributed by atoms with Crippen molar-refractivity contribution in [2.24, 2.45) is 0 Å². The quantitative estimate of drug-likeness (QED) is 0.659. The molecule has 0 aliphatic heterocycles. The van der Waals surface area contributed by atoms with Crippen LogP contribution in [0.15, 0.2) is 24.3 Å². The Morgan fingerprint density at radius 3 is 2.45 bits per heavy atom. The molecule has 118 valence electrons. The van der Waals surface area contributed by atoms with Gasteiger partial charge in [0.15, 0.2) is 13.1 Å². The smallest absolute Gasteiger partial charge is 0.279 e. The Bertz CT molecular complexity index is 564. The Balaban J connectivity index is 2.58. The van der Waals surface area contributed by atoms with Crippen LogP contribution in [0.1, 0.15) is 26.3 Å². The molecule has 0 aromatic heterocycles. The van der Waals surface area contributed by atoms with E-state index >= 15 is 0 Å². The molecular formula is C16H23N4O2+. The molecule has 1 unspecified atom stereocenters. The molecule has 0 saturated heterocycles. The minimum atomic E-state index is -0.211. The van der Waals surface area contributed by atoms with Crippen LogP contribution < -0.4 is 15.5 Å². The number of carbonyl (C=O) groups is 2. The SMILES string of the molecule is CC[NH+](CC(=O)Nc1ccccc1C#N)CC(=O)NC(C)C. The lowest BCUT2D eigenvalue weighted by Gasteiger charge is -2.18. The van der Waals surface area contributed by atoms with Crippen LogP contribution in [0.2, 0.25) is 0 Å². The number of hydrogen-bond donors (Lipinski definition) is 3. The number of nitriles is 1. The first-order chi connectivity index (χ1) is 10.5. The summed E-state index contributed by atoms with van der Waals surface area (Å²) >= 11 is 0. The zero-order chi connectivity index (χ0) is 16.5. The van der Waals surface area contributed by atoms with E-state index in [1.807, 2.05) is 26.8 Å². The average Bonchev–Trinajstić information content (AvgIpc) is 2.46. The Morgan fingerprint density at radius 2 is 1.86 bits per heavy atom. The van der Waals surface area contributed by atoms with Crippen molar-refractivity contribution in [2.45, 2.75) is 26.8 Å². The fourth-order valence-corrected chi connectivity index (χ4v) is 2.02. The van der Waals surface area contributed by atoms with Crippen LogP contribution in [0.25, 0.3) is 0 Å². The van der Waals surface area contributed by atoms with E-state index in [9.17, 15) is 9.59 Å². The van der Waals surface area contributed by atoms with Crippen LogP contribution in [-0.4, -0.2) is 37.5 Å². The molecule has 1 rings (SSSR count). The van der Waals surface area contributed by atoms with E-state index in [2.05, 4.69) is 10.6 Å². The largest absolute Gasteiger partial charge is 0.349 e. The van der Waals surface area contributed by atoms with Gasteiger partial charge in [0.1, 0.15) is 6.07 Å². The first kappa shape index (κ1) is 17.7. The summed E-state index contributed by atoms with van der Waals surface area (Å²) in [5, 5.41) is 14.5. The van der Waals surface area contributed by atoms with Crippen molar-refractivity contribution in [2.75, 3.05) is 25.0 Å². The van der Waals surface area contributed by atoms with Gasteiger partial charge in [0, 0.05) is 6.04 Å². The van der Waals surface area contributed by atoms with Crippen molar-refractivity contribution in [1.29, 1.82) is 5.26 Å². The van der Waals surface area contributed by atoms with Gasteiger partial charge >= 0.3 is 0 Å². The third-order valence-corrected chi connectivity index (χ3v) is 3.09. The van der Waals surface area contributed by atoms with Crippen molar-refractivity contribution in [1.82, 2.24) is 5.32 Å². The monoisotopic (exact) mass is 303 g/mol. The highest BCUT2D eigenvalue weighted by Crippen LogP contribution is 2.12. The lowest BCUT2D eigenvalue weighted by molar-refractivity contribution is -0.881. The first-order valence-electron chi connectivity index (χ1n) is 7.38. The van der Waals surface area contributed by atoms with Crippen molar-refractivity contribution in [3.8, 4) is 6.07 Å². The number of rotatable bonds is 7. The van der Waals surface area contributed by atoms with Gasteiger partial charge in [0.05, 0.1) is 17.8 Å². The minimum absolute atomic E-state index is 0.0722. The summed E-state index contributed by atoms with van der Waals surface area (Å²) < 4.78 is 0. The molecule has 0 aliphatic rings. The second kappa shape index (κ2) is 8.80. The second-order valence-corrected chi connectivity index (χ2v) is 5.38. The van der Waals surface area contributed by atoms with E-state index in [1.54, 1.807) is 24.3 Å². The second-order valence-electron chi connectivity index (χ2n) is 5.38. The van der Waals surface area contributed by atoms with E-state index < -0.39 is 0 Å². The molecule has 0 saturated carbocycles. The summed E-state index contributed by atoms with van der Waals surface area (Å²) in [5.41, 5.74) is 0.920. The fraction of sp³-hybridized carbons (Fsp3) is 0.438. The number of amides is 2. The van der Waals surface area contributed by atoms with Gasteiger partial charge in [-0.3, -0.25) is 9.59 Å². The van der Waals surface area contributed by atoms with Crippen LogP contribution in [0.4, 0.5) is 5.69 Å². The summed E-state index contributed by atoms with van der Waals surface area (Å²) in [4.78, 5) is 24.7.